The first-order valence-electron chi connectivity index (χ1n) is 10.6. The maximum atomic E-state index is 13.7. The molecule has 0 bridgehead atoms. The molecule has 2 aromatic carbocycles. The summed E-state index contributed by atoms with van der Waals surface area (Å²) in [5.74, 6) is -1.97. The molecule has 2 aromatic rings. The molecule has 2 unspecified atom stereocenters. The summed E-state index contributed by atoms with van der Waals surface area (Å²) in [5.41, 5.74) is 5.31. The predicted octanol–water partition coefficient (Wildman–Crippen LogP) is 4.85. The number of hydrogen-bond donors (Lipinski definition) is 1. The Morgan fingerprint density at radius 3 is 2.34 bits per heavy atom. The molecule has 1 aliphatic rings. The molecule has 0 fully saturated rings. The van der Waals surface area contributed by atoms with Gasteiger partial charge in [0.1, 0.15) is 19.5 Å². The number of aliphatic carboxylic acids is 1. The maximum Gasteiger partial charge on any atom is 0.353 e. The highest BCUT2D eigenvalue weighted by Crippen LogP contribution is 2.42. The quantitative estimate of drug-likeness (QED) is 0.473. The Hall–Kier alpha value is -3.41. The first kappa shape index (κ1) is 23.3. The Bertz CT molecular complexity index is 1060. The number of allylic oxidation sites excluding steroid dienone is 2. The van der Waals surface area contributed by atoms with Crippen LogP contribution in [0.15, 0.2) is 53.4 Å². The van der Waals surface area contributed by atoms with E-state index in [1.165, 1.54) is 7.11 Å². The number of carboxylic acids is 1. The molecule has 1 N–H and O–H groups in total. The minimum absolute atomic E-state index is 0.124. The Labute approximate surface area is 188 Å². The number of benzene rings is 2. The number of Topliss-reactive ketones (excluding diaryl/α,β-unsaturated/α-hetero) is 1. The van der Waals surface area contributed by atoms with Crippen LogP contribution in [0.1, 0.15) is 41.2 Å². The molecule has 2 atom stereocenters. The van der Waals surface area contributed by atoms with Gasteiger partial charge in [0.15, 0.2) is 11.5 Å². The van der Waals surface area contributed by atoms with E-state index in [-0.39, 0.29) is 11.5 Å². The van der Waals surface area contributed by atoms with Crippen molar-refractivity contribution in [1.82, 2.24) is 0 Å². The van der Waals surface area contributed by atoms with E-state index in [0.717, 1.165) is 27.8 Å². The van der Waals surface area contributed by atoms with Crippen LogP contribution in [0.2, 0.25) is 0 Å². The number of nitrogens with zero attached hydrogens (tertiary/aromatic N) is 1. The number of hydrogen-bond acceptors (Lipinski definition) is 5. The second kappa shape index (κ2) is 9.81. The number of oxime groups is 1. The summed E-state index contributed by atoms with van der Waals surface area (Å²) in [6.45, 7) is 8.01. The number of carbonyl (C=O) groups excluding carboxylic acids is 1. The molecule has 3 rings (SSSR count). The minimum Gasteiger partial charge on any atom is -0.492 e. The lowest BCUT2D eigenvalue weighted by Crippen LogP contribution is -2.31. The third kappa shape index (κ3) is 4.74. The molecule has 0 amide bonds. The van der Waals surface area contributed by atoms with Crippen molar-refractivity contribution in [2.45, 2.75) is 40.7 Å². The average molecular weight is 436 g/mol. The van der Waals surface area contributed by atoms with E-state index in [4.69, 9.17) is 9.57 Å². The zero-order valence-electron chi connectivity index (χ0n) is 19.1. The molecular weight excluding hydrogens is 406 g/mol. The van der Waals surface area contributed by atoms with Crippen molar-refractivity contribution in [2.24, 2.45) is 17.0 Å². The number of rotatable bonds is 8. The average Bonchev–Trinajstić information content (AvgIpc) is 3.06. The van der Waals surface area contributed by atoms with Crippen LogP contribution in [0.3, 0.4) is 0 Å². The monoisotopic (exact) mass is 435 g/mol. The van der Waals surface area contributed by atoms with Gasteiger partial charge in [-0.25, -0.2) is 4.79 Å². The van der Waals surface area contributed by atoms with E-state index in [2.05, 4.69) is 5.16 Å². The summed E-state index contributed by atoms with van der Waals surface area (Å²) in [4.78, 5) is 30.1. The van der Waals surface area contributed by atoms with Crippen LogP contribution in [-0.2, 0) is 25.8 Å². The van der Waals surface area contributed by atoms with Crippen LogP contribution in [0.25, 0.3) is 5.57 Å². The summed E-state index contributed by atoms with van der Waals surface area (Å²) in [7, 11) is 1.29. The van der Waals surface area contributed by atoms with Crippen molar-refractivity contribution in [3.05, 3.63) is 76.0 Å². The van der Waals surface area contributed by atoms with Gasteiger partial charge in [0.25, 0.3) is 0 Å². The van der Waals surface area contributed by atoms with E-state index < -0.39 is 17.8 Å². The molecule has 0 aromatic heterocycles. The first-order chi connectivity index (χ1) is 15.2. The Balaban J connectivity index is 2.03. The van der Waals surface area contributed by atoms with Crippen molar-refractivity contribution in [1.29, 1.82) is 0 Å². The van der Waals surface area contributed by atoms with Crippen LogP contribution < -0.4 is 0 Å². The predicted molar refractivity (Wildman–Crippen MR) is 123 cm³/mol. The summed E-state index contributed by atoms with van der Waals surface area (Å²) in [6, 6.07) is 13.8. The third-order valence-corrected chi connectivity index (χ3v) is 5.89. The number of carbonyl (C=O) groups is 2. The Kier molecular flexibility index (Phi) is 7.13. The van der Waals surface area contributed by atoms with Crippen LogP contribution in [-0.4, -0.2) is 29.7 Å². The van der Waals surface area contributed by atoms with Crippen molar-refractivity contribution in [3.8, 4) is 0 Å². The lowest BCUT2D eigenvalue weighted by atomic mass is 9.84. The number of ketones is 1. The molecule has 1 aliphatic carbocycles. The SMILES string of the molecule is CON=C(C(=O)O)C(C)C1CC(OCc2ccccc2)=C(c2c(C)cc(C)cc2C)C1=O. The van der Waals surface area contributed by atoms with E-state index >= 15 is 0 Å². The van der Waals surface area contributed by atoms with Gasteiger partial charge in [-0.3, -0.25) is 4.79 Å². The van der Waals surface area contributed by atoms with Gasteiger partial charge < -0.3 is 14.7 Å². The van der Waals surface area contributed by atoms with Gasteiger partial charge in [-0.2, -0.15) is 0 Å². The zero-order chi connectivity index (χ0) is 23.4. The Morgan fingerprint density at radius 1 is 1.16 bits per heavy atom. The highest BCUT2D eigenvalue weighted by molar-refractivity contribution is 6.37. The highest BCUT2D eigenvalue weighted by Gasteiger charge is 2.42. The van der Waals surface area contributed by atoms with E-state index in [1.54, 1.807) is 6.92 Å². The van der Waals surface area contributed by atoms with E-state index in [1.807, 2.05) is 63.2 Å². The molecule has 6 nitrogen and oxygen atoms in total. The topological polar surface area (TPSA) is 85.2 Å². The molecule has 0 spiro atoms. The van der Waals surface area contributed by atoms with Crippen molar-refractivity contribution in [3.63, 3.8) is 0 Å². The third-order valence-electron chi connectivity index (χ3n) is 5.89. The second-order valence-corrected chi connectivity index (χ2v) is 8.27. The fourth-order valence-corrected chi connectivity index (χ4v) is 4.44. The van der Waals surface area contributed by atoms with Gasteiger partial charge in [-0.15, -0.1) is 0 Å². The zero-order valence-corrected chi connectivity index (χ0v) is 19.1. The molecule has 168 valence electrons. The normalized spacial score (nSPS) is 17.5. The smallest absolute Gasteiger partial charge is 0.353 e. The summed E-state index contributed by atoms with van der Waals surface area (Å²) < 4.78 is 6.19. The molecule has 0 saturated carbocycles. The largest absolute Gasteiger partial charge is 0.492 e. The highest BCUT2D eigenvalue weighted by atomic mass is 16.6. The number of ether oxygens (including phenoxy) is 1. The van der Waals surface area contributed by atoms with Gasteiger partial charge >= 0.3 is 5.97 Å². The summed E-state index contributed by atoms with van der Waals surface area (Å²) in [5, 5.41) is 13.2. The lowest BCUT2D eigenvalue weighted by molar-refractivity contribution is -0.130. The van der Waals surface area contributed by atoms with Crippen LogP contribution >= 0.6 is 0 Å². The van der Waals surface area contributed by atoms with Gasteiger partial charge in [0, 0.05) is 18.3 Å². The molecule has 0 aliphatic heterocycles. The number of aryl methyl sites for hydroxylation is 3. The fraction of sp³-hybridized carbons (Fsp3) is 0.346. The molecule has 0 radical (unpaired) electrons. The van der Waals surface area contributed by atoms with Crippen molar-refractivity contribution >= 4 is 23.0 Å². The summed E-state index contributed by atoms with van der Waals surface area (Å²) in [6.07, 6.45) is 0.310. The van der Waals surface area contributed by atoms with Crippen molar-refractivity contribution < 1.29 is 24.3 Å². The second-order valence-electron chi connectivity index (χ2n) is 8.27. The van der Waals surface area contributed by atoms with Gasteiger partial charge in [0.05, 0.1) is 5.57 Å². The molecule has 32 heavy (non-hydrogen) atoms. The fourth-order valence-electron chi connectivity index (χ4n) is 4.44. The van der Waals surface area contributed by atoms with Crippen LogP contribution in [0, 0.1) is 32.6 Å². The van der Waals surface area contributed by atoms with E-state index in [0.29, 0.717) is 24.4 Å². The number of carboxylic acid groups (broad SMARTS) is 1. The first-order valence-corrected chi connectivity index (χ1v) is 10.6. The van der Waals surface area contributed by atoms with E-state index in [9.17, 15) is 14.7 Å². The van der Waals surface area contributed by atoms with Gasteiger partial charge in [0.2, 0.25) is 0 Å². The van der Waals surface area contributed by atoms with Gasteiger partial charge in [-0.05, 0) is 43.0 Å². The summed E-state index contributed by atoms with van der Waals surface area (Å²) >= 11 is 0. The van der Waals surface area contributed by atoms with Gasteiger partial charge in [-0.1, -0.05) is 60.1 Å². The van der Waals surface area contributed by atoms with Crippen LogP contribution in [0.4, 0.5) is 0 Å². The molecule has 0 heterocycles. The van der Waals surface area contributed by atoms with Crippen LogP contribution in [0.5, 0.6) is 0 Å². The molecular formula is C26H29NO5. The Morgan fingerprint density at radius 2 is 1.78 bits per heavy atom. The minimum atomic E-state index is -1.20. The standard InChI is InChI=1S/C26H29NO5/c1-15-11-16(2)22(17(3)12-15)23-21(32-14-19-9-7-6-8-10-19)13-20(25(23)28)18(4)24(26(29)30)27-31-5/h6-12,18,20H,13-14H2,1-5H3,(H,29,30). The van der Waals surface area contributed by atoms with Crippen molar-refractivity contribution in [2.75, 3.05) is 7.11 Å². The molecule has 6 heteroatoms. The lowest BCUT2D eigenvalue weighted by Gasteiger charge is -2.18. The maximum absolute atomic E-state index is 13.7. The molecule has 0 saturated heterocycles.